The van der Waals surface area contributed by atoms with Crippen molar-refractivity contribution >= 4 is 23.2 Å². The van der Waals surface area contributed by atoms with Gasteiger partial charge in [0.2, 0.25) is 0 Å². The van der Waals surface area contributed by atoms with E-state index in [2.05, 4.69) is 0 Å². The van der Waals surface area contributed by atoms with Gasteiger partial charge in [0.15, 0.2) is 0 Å². The molecule has 2 atom stereocenters. The number of hydrogen-bond donors (Lipinski definition) is 3. The summed E-state index contributed by atoms with van der Waals surface area (Å²) in [5.41, 5.74) is 11.7. The number of rotatable bonds is 4. The fourth-order valence-electron chi connectivity index (χ4n) is 1.32. The zero-order valence-electron chi connectivity index (χ0n) is 8.16. The summed E-state index contributed by atoms with van der Waals surface area (Å²) in [6, 6.07) is 4.51. The van der Waals surface area contributed by atoms with Crippen molar-refractivity contribution in [2.24, 2.45) is 11.5 Å². The molecule has 0 saturated heterocycles. The number of aliphatic hydroxyl groups is 1. The summed E-state index contributed by atoms with van der Waals surface area (Å²) in [6.45, 7) is 0.434. The Labute approximate surface area is 99.0 Å². The van der Waals surface area contributed by atoms with Gasteiger partial charge < -0.3 is 16.6 Å². The van der Waals surface area contributed by atoms with Gasteiger partial charge in [-0.3, -0.25) is 0 Å². The minimum Gasteiger partial charge on any atom is -0.387 e. The number of hydrogen-bond acceptors (Lipinski definition) is 3. The third-order valence-electron chi connectivity index (χ3n) is 2.19. The van der Waals surface area contributed by atoms with Gasteiger partial charge in [-0.15, -0.1) is 0 Å². The Morgan fingerprint density at radius 3 is 2.53 bits per heavy atom. The smallest absolute Gasteiger partial charge is 0.0955 e. The minimum absolute atomic E-state index is 0.409. The van der Waals surface area contributed by atoms with Crippen LogP contribution in [0.15, 0.2) is 18.2 Å². The third kappa shape index (κ3) is 3.33. The zero-order chi connectivity index (χ0) is 11.4. The highest BCUT2D eigenvalue weighted by Crippen LogP contribution is 2.28. The van der Waals surface area contributed by atoms with Gasteiger partial charge in [0.05, 0.1) is 6.10 Å². The molecule has 0 amide bonds. The Bertz CT molecular complexity index is 333. The summed E-state index contributed by atoms with van der Waals surface area (Å²) in [4.78, 5) is 0. The first-order valence-corrected chi connectivity index (χ1v) is 5.40. The average Bonchev–Trinajstić information content (AvgIpc) is 2.17. The van der Waals surface area contributed by atoms with E-state index < -0.39 is 12.1 Å². The van der Waals surface area contributed by atoms with E-state index in [4.69, 9.17) is 34.7 Å². The van der Waals surface area contributed by atoms with Crippen molar-refractivity contribution in [1.82, 2.24) is 0 Å². The summed E-state index contributed by atoms with van der Waals surface area (Å²) in [5, 5.41) is 10.8. The van der Waals surface area contributed by atoms with Gasteiger partial charge >= 0.3 is 0 Å². The molecule has 0 radical (unpaired) electrons. The number of nitrogens with two attached hydrogens (primary N) is 2. The molecule has 1 aromatic carbocycles. The molecule has 1 rings (SSSR count). The molecule has 1 aromatic rings. The Kier molecular flexibility index (Phi) is 4.83. The quantitative estimate of drug-likeness (QED) is 0.760. The van der Waals surface area contributed by atoms with Gasteiger partial charge in [-0.25, -0.2) is 0 Å². The van der Waals surface area contributed by atoms with Crippen LogP contribution in [0.25, 0.3) is 0 Å². The van der Waals surface area contributed by atoms with Gasteiger partial charge in [0, 0.05) is 21.7 Å². The van der Waals surface area contributed by atoms with Crippen LogP contribution in [0.5, 0.6) is 0 Å². The molecule has 3 nitrogen and oxygen atoms in total. The predicted molar refractivity (Wildman–Crippen MR) is 63.1 cm³/mol. The van der Waals surface area contributed by atoms with E-state index in [-0.39, 0.29) is 0 Å². The molecule has 5 heteroatoms. The third-order valence-corrected chi connectivity index (χ3v) is 2.75. The van der Waals surface area contributed by atoms with E-state index >= 15 is 0 Å². The Balaban J connectivity index is 2.86. The molecule has 2 unspecified atom stereocenters. The monoisotopic (exact) mass is 248 g/mol. The molecule has 0 saturated carbocycles. The summed E-state index contributed by atoms with van der Waals surface area (Å²) in [6.07, 6.45) is -0.265. The second-order valence-corrected chi connectivity index (χ2v) is 4.20. The van der Waals surface area contributed by atoms with Gasteiger partial charge in [-0.05, 0) is 25.1 Å². The van der Waals surface area contributed by atoms with Gasteiger partial charge in [0.25, 0.3) is 0 Å². The molecule has 0 bridgehead atoms. The molecular formula is C10H14Cl2N2O. The van der Waals surface area contributed by atoms with E-state index in [0.29, 0.717) is 28.6 Å². The van der Waals surface area contributed by atoms with Crippen LogP contribution in [-0.2, 0) is 0 Å². The first-order chi connectivity index (χ1) is 7.06. The van der Waals surface area contributed by atoms with Crippen LogP contribution in [0.2, 0.25) is 10.0 Å². The van der Waals surface area contributed by atoms with Gasteiger partial charge in [-0.2, -0.15) is 0 Å². The van der Waals surface area contributed by atoms with Crippen molar-refractivity contribution in [1.29, 1.82) is 0 Å². The summed E-state index contributed by atoms with van der Waals surface area (Å²) in [7, 11) is 0. The molecule has 0 heterocycles. The number of benzene rings is 1. The molecule has 0 aromatic heterocycles. The van der Waals surface area contributed by atoms with E-state index in [1.807, 2.05) is 0 Å². The number of aliphatic hydroxyl groups excluding tert-OH is 1. The van der Waals surface area contributed by atoms with Gasteiger partial charge in [0.1, 0.15) is 0 Å². The second kappa shape index (κ2) is 5.68. The van der Waals surface area contributed by atoms with Crippen molar-refractivity contribution < 1.29 is 5.11 Å². The highest BCUT2D eigenvalue weighted by Gasteiger charge is 2.18. The zero-order valence-corrected chi connectivity index (χ0v) is 9.67. The lowest BCUT2D eigenvalue weighted by atomic mass is 10.0. The minimum atomic E-state index is -0.807. The largest absolute Gasteiger partial charge is 0.387 e. The van der Waals surface area contributed by atoms with Crippen LogP contribution in [0.1, 0.15) is 18.1 Å². The highest BCUT2D eigenvalue weighted by molar-refractivity contribution is 6.35. The summed E-state index contributed by atoms with van der Waals surface area (Å²) in [5.74, 6) is 0. The lowest BCUT2D eigenvalue weighted by Gasteiger charge is -2.19. The Morgan fingerprint density at radius 1 is 1.33 bits per heavy atom. The number of halogens is 2. The fraction of sp³-hybridized carbons (Fsp3) is 0.400. The first kappa shape index (κ1) is 12.7. The van der Waals surface area contributed by atoms with Crippen LogP contribution < -0.4 is 11.5 Å². The fourth-order valence-corrected chi connectivity index (χ4v) is 1.84. The van der Waals surface area contributed by atoms with Crippen LogP contribution >= 0.6 is 23.2 Å². The lowest BCUT2D eigenvalue weighted by Crippen LogP contribution is -2.30. The van der Waals surface area contributed by atoms with E-state index in [9.17, 15) is 5.11 Å². The van der Waals surface area contributed by atoms with Crippen molar-refractivity contribution in [3.05, 3.63) is 33.8 Å². The average molecular weight is 249 g/mol. The maximum atomic E-state index is 9.88. The first-order valence-electron chi connectivity index (χ1n) is 4.65. The van der Waals surface area contributed by atoms with Crippen molar-refractivity contribution in [2.75, 3.05) is 6.54 Å². The van der Waals surface area contributed by atoms with Crippen molar-refractivity contribution in [3.8, 4) is 0 Å². The van der Waals surface area contributed by atoms with Crippen LogP contribution in [0, 0.1) is 0 Å². The molecular weight excluding hydrogens is 235 g/mol. The molecule has 0 aliphatic rings. The van der Waals surface area contributed by atoms with Crippen LogP contribution in [0.4, 0.5) is 0 Å². The molecule has 0 aliphatic carbocycles. The maximum absolute atomic E-state index is 9.88. The van der Waals surface area contributed by atoms with Crippen molar-refractivity contribution in [2.45, 2.75) is 18.6 Å². The Hall–Kier alpha value is -0.320. The molecule has 0 aliphatic heterocycles. The van der Waals surface area contributed by atoms with E-state index in [1.165, 1.54) is 0 Å². The second-order valence-electron chi connectivity index (χ2n) is 3.35. The molecule has 84 valence electrons. The molecule has 5 N–H and O–H groups in total. The van der Waals surface area contributed by atoms with Crippen molar-refractivity contribution in [3.63, 3.8) is 0 Å². The Morgan fingerprint density at radius 2 is 2.00 bits per heavy atom. The predicted octanol–water partition coefficient (Wildman–Crippen LogP) is 1.70. The molecule has 0 fully saturated rings. The van der Waals surface area contributed by atoms with E-state index in [1.54, 1.807) is 18.2 Å². The van der Waals surface area contributed by atoms with Crippen LogP contribution in [-0.4, -0.2) is 17.7 Å². The van der Waals surface area contributed by atoms with Crippen LogP contribution in [0.3, 0.4) is 0 Å². The SMILES string of the molecule is NCCC(N)C(O)c1ccc(Cl)cc1Cl. The highest BCUT2D eigenvalue weighted by atomic mass is 35.5. The standard InChI is InChI=1S/C10H14Cl2N2O/c11-6-1-2-7(8(12)5-6)10(15)9(14)3-4-13/h1-2,5,9-10,15H,3-4,13-14H2. The van der Waals surface area contributed by atoms with E-state index in [0.717, 1.165) is 0 Å². The molecule has 15 heavy (non-hydrogen) atoms. The summed E-state index contributed by atoms with van der Waals surface area (Å²) >= 11 is 11.7. The van der Waals surface area contributed by atoms with Gasteiger partial charge in [-0.1, -0.05) is 29.3 Å². The maximum Gasteiger partial charge on any atom is 0.0955 e. The molecule has 0 spiro atoms. The topological polar surface area (TPSA) is 72.3 Å². The normalized spacial score (nSPS) is 15.0. The lowest BCUT2D eigenvalue weighted by molar-refractivity contribution is 0.143. The summed E-state index contributed by atoms with van der Waals surface area (Å²) < 4.78 is 0.